The Morgan fingerprint density at radius 3 is 3.03 bits per heavy atom. The smallest absolute Gasteiger partial charge is 0.224 e. The zero-order valence-electron chi connectivity index (χ0n) is 19.3. The maximum absolute atomic E-state index is 9.52. The van der Waals surface area contributed by atoms with Gasteiger partial charge in [-0.05, 0) is 59.9 Å². The van der Waals surface area contributed by atoms with E-state index in [1.165, 1.54) is 5.56 Å². The molecule has 1 aliphatic heterocycles. The molecule has 0 aromatic carbocycles. The molecule has 0 radical (unpaired) electrons. The molecule has 0 spiro atoms. The van der Waals surface area contributed by atoms with Crippen molar-refractivity contribution in [3.8, 4) is 6.19 Å². The second-order valence-corrected chi connectivity index (χ2v) is 10.3. The molecule has 3 aromatic heterocycles. The van der Waals surface area contributed by atoms with E-state index in [1.54, 1.807) is 11.3 Å². The van der Waals surface area contributed by atoms with Crippen LogP contribution in [0.25, 0.3) is 10.2 Å². The van der Waals surface area contributed by atoms with Gasteiger partial charge in [0.25, 0.3) is 0 Å². The maximum atomic E-state index is 9.52. The molecule has 5 rings (SSSR count). The van der Waals surface area contributed by atoms with Gasteiger partial charge in [-0.15, -0.1) is 16.3 Å². The number of pyridine rings is 1. The molecule has 1 unspecified atom stereocenters. The minimum Gasteiger partial charge on any atom is -0.351 e. The minimum atomic E-state index is 0.0989. The second kappa shape index (κ2) is 9.72. The van der Waals surface area contributed by atoms with Gasteiger partial charge in [-0.3, -0.25) is 4.98 Å². The summed E-state index contributed by atoms with van der Waals surface area (Å²) in [5, 5.41) is 15.4. The van der Waals surface area contributed by atoms with Crippen LogP contribution in [0, 0.1) is 17.4 Å². The van der Waals surface area contributed by atoms with Crippen molar-refractivity contribution in [2.24, 2.45) is 10.9 Å². The molecule has 4 heterocycles. The number of nitrogens with one attached hydrogen (secondary N) is 1. The summed E-state index contributed by atoms with van der Waals surface area (Å²) in [7, 11) is 0. The fourth-order valence-electron chi connectivity index (χ4n) is 5.01. The van der Waals surface area contributed by atoms with Gasteiger partial charge >= 0.3 is 0 Å². The Labute approximate surface area is 208 Å². The van der Waals surface area contributed by atoms with Gasteiger partial charge in [-0.1, -0.05) is 19.9 Å². The number of guanidine groups is 1. The monoisotopic (exact) mass is 494 g/mol. The van der Waals surface area contributed by atoms with Crippen molar-refractivity contribution in [1.29, 1.82) is 5.26 Å². The number of halogens is 1. The SMILES string of the molecule is CC(C)C1CN(c2nc(Cl)nc3ccsc23)CCN1/C(=N/C#N)N[C@@H]1CCCc2ncccc21. The normalized spacial score (nSPS) is 21.0. The molecule has 34 heavy (non-hydrogen) atoms. The summed E-state index contributed by atoms with van der Waals surface area (Å²) in [6, 6.07) is 6.34. The Morgan fingerprint density at radius 1 is 1.32 bits per heavy atom. The van der Waals surface area contributed by atoms with Crippen LogP contribution >= 0.6 is 22.9 Å². The molecule has 2 aliphatic rings. The summed E-state index contributed by atoms with van der Waals surface area (Å²) in [6.45, 7) is 6.64. The van der Waals surface area contributed by atoms with Crippen molar-refractivity contribution in [1.82, 2.24) is 25.2 Å². The minimum absolute atomic E-state index is 0.0989. The number of nitriles is 1. The first kappa shape index (κ1) is 22.8. The van der Waals surface area contributed by atoms with Crippen LogP contribution in [-0.2, 0) is 6.42 Å². The molecule has 0 amide bonds. The highest BCUT2D eigenvalue weighted by atomic mass is 35.5. The summed E-state index contributed by atoms with van der Waals surface area (Å²) in [5.41, 5.74) is 3.21. The highest BCUT2D eigenvalue weighted by Crippen LogP contribution is 2.33. The molecule has 1 aliphatic carbocycles. The van der Waals surface area contributed by atoms with Gasteiger partial charge < -0.3 is 15.1 Å². The molecule has 10 heteroatoms. The standard InChI is InChI=1S/C24H27ClN8S/c1-15(2)20-13-32(22-21-19(8-12-34-21)29-23(25)31-22)10-11-33(20)24(28-14-26)30-18-7-3-6-17-16(18)5-4-9-27-17/h4-5,8-9,12,15,18,20H,3,6-7,10-11,13H2,1-2H3,(H,28,30)/t18-,20?/m1/s1. The van der Waals surface area contributed by atoms with Crippen LogP contribution in [0.1, 0.15) is 44.0 Å². The van der Waals surface area contributed by atoms with Crippen molar-refractivity contribution in [3.63, 3.8) is 0 Å². The summed E-state index contributed by atoms with van der Waals surface area (Å²) >= 11 is 7.88. The van der Waals surface area contributed by atoms with Gasteiger partial charge in [-0.2, -0.15) is 10.2 Å². The first-order valence-corrected chi connectivity index (χ1v) is 12.9. The van der Waals surface area contributed by atoms with E-state index >= 15 is 0 Å². The molecule has 0 saturated carbocycles. The molecular formula is C24H27ClN8S. The molecule has 3 aromatic rings. The highest BCUT2D eigenvalue weighted by Gasteiger charge is 2.34. The first-order valence-electron chi connectivity index (χ1n) is 11.6. The number of nitrogens with zero attached hydrogens (tertiary/aromatic N) is 7. The van der Waals surface area contributed by atoms with Crippen molar-refractivity contribution < 1.29 is 0 Å². The fourth-order valence-corrected chi connectivity index (χ4v) is 6.03. The summed E-state index contributed by atoms with van der Waals surface area (Å²) in [6.07, 6.45) is 6.92. The fraction of sp³-hybridized carbons (Fsp3) is 0.458. The number of anilines is 1. The number of aryl methyl sites for hydroxylation is 1. The Bertz CT molecular complexity index is 1250. The lowest BCUT2D eigenvalue weighted by Crippen LogP contribution is -2.60. The highest BCUT2D eigenvalue weighted by molar-refractivity contribution is 7.17. The van der Waals surface area contributed by atoms with E-state index in [0.29, 0.717) is 11.9 Å². The Kier molecular flexibility index (Phi) is 6.53. The predicted octanol–water partition coefficient (Wildman–Crippen LogP) is 4.39. The number of rotatable bonds is 3. The van der Waals surface area contributed by atoms with Crippen LogP contribution in [0.4, 0.5) is 5.82 Å². The van der Waals surface area contributed by atoms with Gasteiger partial charge in [0.05, 0.1) is 22.3 Å². The van der Waals surface area contributed by atoms with Crippen molar-refractivity contribution in [2.75, 3.05) is 24.5 Å². The van der Waals surface area contributed by atoms with Crippen LogP contribution in [0.5, 0.6) is 0 Å². The zero-order chi connectivity index (χ0) is 23.7. The van der Waals surface area contributed by atoms with Crippen LogP contribution in [-0.4, -0.2) is 51.5 Å². The van der Waals surface area contributed by atoms with Crippen LogP contribution in [0.2, 0.25) is 5.28 Å². The largest absolute Gasteiger partial charge is 0.351 e. The third kappa shape index (κ3) is 4.40. The molecule has 1 fully saturated rings. The molecule has 8 nitrogen and oxygen atoms in total. The molecule has 176 valence electrons. The van der Waals surface area contributed by atoms with E-state index in [1.807, 2.05) is 29.9 Å². The number of hydrogen-bond donors (Lipinski definition) is 1. The van der Waals surface area contributed by atoms with Gasteiger partial charge in [0.2, 0.25) is 17.4 Å². The second-order valence-electron chi connectivity index (χ2n) is 9.07. The summed E-state index contributed by atoms with van der Waals surface area (Å²) in [4.78, 5) is 22.3. The van der Waals surface area contributed by atoms with Gasteiger partial charge in [0, 0.05) is 31.5 Å². The topological polar surface area (TPSA) is 93.3 Å². The Balaban J connectivity index is 1.41. The van der Waals surface area contributed by atoms with Crippen LogP contribution < -0.4 is 10.2 Å². The number of piperazine rings is 1. The lowest BCUT2D eigenvalue weighted by atomic mass is 9.91. The number of fused-ring (bicyclic) bond motifs is 2. The molecule has 1 N–H and O–H groups in total. The molecular weight excluding hydrogens is 468 g/mol. The lowest BCUT2D eigenvalue weighted by Gasteiger charge is -2.45. The van der Waals surface area contributed by atoms with Crippen molar-refractivity contribution in [2.45, 2.75) is 45.2 Å². The number of aliphatic imine (C=N–C) groups is 1. The number of aromatic nitrogens is 3. The van der Waals surface area contributed by atoms with E-state index in [9.17, 15) is 5.26 Å². The quantitative estimate of drug-likeness (QED) is 0.250. The third-order valence-corrected chi connectivity index (χ3v) is 7.75. The van der Waals surface area contributed by atoms with E-state index in [0.717, 1.165) is 60.6 Å². The third-order valence-electron chi connectivity index (χ3n) is 6.68. The van der Waals surface area contributed by atoms with E-state index in [2.05, 4.69) is 55.0 Å². The van der Waals surface area contributed by atoms with E-state index < -0.39 is 0 Å². The molecule has 2 atom stereocenters. The van der Waals surface area contributed by atoms with Gasteiger partial charge in [-0.25, -0.2) is 4.98 Å². The Morgan fingerprint density at radius 2 is 2.21 bits per heavy atom. The van der Waals surface area contributed by atoms with Crippen LogP contribution in [0.15, 0.2) is 34.8 Å². The predicted molar refractivity (Wildman–Crippen MR) is 136 cm³/mol. The van der Waals surface area contributed by atoms with Crippen molar-refractivity contribution in [3.05, 3.63) is 46.3 Å². The average Bonchev–Trinajstić information content (AvgIpc) is 3.31. The molecule has 0 bridgehead atoms. The number of thiophene rings is 1. The van der Waals surface area contributed by atoms with E-state index in [4.69, 9.17) is 11.6 Å². The molecule has 1 saturated heterocycles. The van der Waals surface area contributed by atoms with Gasteiger partial charge in [0.15, 0.2) is 5.82 Å². The zero-order valence-corrected chi connectivity index (χ0v) is 20.9. The van der Waals surface area contributed by atoms with Crippen molar-refractivity contribution >= 4 is 44.9 Å². The van der Waals surface area contributed by atoms with Crippen LogP contribution in [0.3, 0.4) is 0 Å². The van der Waals surface area contributed by atoms with Gasteiger partial charge in [0.1, 0.15) is 0 Å². The maximum Gasteiger partial charge on any atom is 0.224 e. The Hall–Kier alpha value is -2.96. The number of hydrogen-bond acceptors (Lipinski definition) is 7. The lowest BCUT2D eigenvalue weighted by molar-refractivity contribution is 0.215. The summed E-state index contributed by atoms with van der Waals surface area (Å²) < 4.78 is 1.05. The average molecular weight is 495 g/mol. The first-order chi connectivity index (χ1) is 16.5. The van der Waals surface area contributed by atoms with E-state index in [-0.39, 0.29) is 17.4 Å². The summed E-state index contributed by atoms with van der Waals surface area (Å²) in [5.74, 6) is 1.86.